The van der Waals surface area contributed by atoms with Crippen molar-refractivity contribution in [2.75, 3.05) is 13.2 Å². The average Bonchev–Trinajstić information content (AvgIpc) is 3.16. The Kier molecular flexibility index (Phi) is 31.4. The Bertz CT molecular complexity index is 943. The third-order valence-electron chi connectivity index (χ3n) is 10.1. The summed E-state index contributed by atoms with van der Waals surface area (Å²) in [6.45, 7) is 3.54. The molecule has 1 heterocycles. The Morgan fingerprint density at radius 1 is 0.642 bits per heavy atom. The van der Waals surface area contributed by atoms with Gasteiger partial charge in [0, 0.05) is 0 Å². The molecule has 1 aliphatic rings. The first-order chi connectivity index (χ1) is 25.8. The predicted molar refractivity (Wildman–Crippen MR) is 213 cm³/mol. The van der Waals surface area contributed by atoms with Gasteiger partial charge in [0.2, 0.25) is 5.91 Å². The van der Waals surface area contributed by atoms with Crippen molar-refractivity contribution in [3.8, 4) is 0 Å². The van der Waals surface area contributed by atoms with Crippen LogP contribution >= 0.6 is 0 Å². The van der Waals surface area contributed by atoms with Crippen LogP contribution in [0.5, 0.6) is 0 Å². The third kappa shape index (κ3) is 24.5. The third-order valence-corrected chi connectivity index (χ3v) is 10.1. The molecule has 53 heavy (non-hydrogen) atoms. The number of carbonyl (C=O) groups excluding carboxylic acids is 1. The maximum atomic E-state index is 13.0. The van der Waals surface area contributed by atoms with Crippen molar-refractivity contribution in [2.24, 2.45) is 0 Å². The monoisotopic (exact) mass is 754 g/mol. The van der Waals surface area contributed by atoms with Crippen molar-refractivity contribution in [1.29, 1.82) is 0 Å². The van der Waals surface area contributed by atoms with Crippen molar-refractivity contribution in [2.45, 2.75) is 217 Å². The van der Waals surface area contributed by atoms with Crippen molar-refractivity contribution in [3.63, 3.8) is 0 Å². The number of ether oxygens (including phenoxy) is 2. The summed E-state index contributed by atoms with van der Waals surface area (Å²) in [6, 6.07) is -0.999. The first-order valence-electron chi connectivity index (χ1n) is 21.3. The lowest BCUT2D eigenvalue weighted by Crippen LogP contribution is -2.60. The molecule has 1 aliphatic heterocycles. The van der Waals surface area contributed by atoms with Gasteiger partial charge in [-0.05, 0) is 44.9 Å². The van der Waals surface area contributed by atoms with Gasteiger partial charge in [0.1, 0.15) is 30.5 Å². The second kappa shape index (κ2) is 33.7. The number of hydrogen-bond acceptors (Lipinski definition) is 9. The summed E-state index contributed by atoms with van der Waals surface area (Å²) in [5.41, 5.74) is 0. The van der Waals surface area contributed by atoms with Crippen molar-refractivity contribution in [1.82, 2.24) is 5.32 Å². The van der Waals surface area contributed by atoms with Crippen LogP contribution in [-0.2, 0) is 14.3 Å². The van der Waals surface area contributed by atoms with Crippen LogP contribution < -0.4 is 5.32 Å². The SMILES string of the molecule is CCCCCC/C=C/CC/C=C/CC/C=C/C(O)C(COC1OC(CO)C(O)C(O)C1O)NC(=O)C(O)CCCCCCCCCCCCCCCC. The number of unbranched alkanes of at least 4 members (excludes halogenated alkanes) is 19. The minimum Gasteiger partial charge on any atom is -0.394 e. The average molecular weight is 754 g/mol. The lowest BCUT2D eigenvalue weighted by molar-refractivity contribution is -0.302. The molecular weight excluding hydrogens is 674 g/mol. The molecule has 310 valence electrons. The molecule has 8 atom stereocenters. The highest BCUT2D eigenvalue weighted by Crippen LogP contribution is 2.22. The zero-order valence-electron chi connectivity index (χ0n) is 33.4. The second-order valence-corrected chi connectivity index (χ2v) is 14.9. The Morgan fingerprint density at radius 2 is 1.11 bits per heavy atom. The van der Waals surface area contributed by atoms with Crippen molar-refractivity contribution < 1.29 is 44.9 Å². The van der Waals surface area contributed by atoms with E-state index in [0.717, 1.165) is 44.9 Å². The molecule has 0 saturated carbocycles. The number of aliphatic hydroxyl groups is 6. The molecule has 0 bridgehead atoms. The minimum absolute atomic E-state index is 0.303. The molecule has 7 N–H and O–H groups in total. The van der Waals surface area contributed by atoms with Gasteiger partial charge in [-0.25, -0.2) is 0 Å². The smallest absolute Gasteiger partial charge is 0.249 e. The first-order valence-corrected chi connectivity index (χ1v) is 21.3. The minimum atomic E-state index is -1.62. The predicted octanol–water partition coefficient (Wildman–Crippen LogP) is 7.08. The van der Waals surface area contributed by atoms with E-state index >= 15 is 0 Å². The molecule has 1 amide bonds. The summed E-state index contributed by atoms with van der Waals surface area (Å²) in [5, 5.41) is 64.4. The number of hydrogen-bond donors (Lipinski definition) is 7. The topological polar surface area (TPSA) is 169 Å². The Morgan fingerprint density at radius 3 is 1.64 bits per heavy atom. The van der Waals surface area contributed by atoms with E-state index in [1.54, 1.807) is 6.08 Å². The Hall–Kier alpha value is -1.63. The quantitative estimate of drug-likeness (QED) is 0.0268. The molecule has 0 aliphatic carbocycles. The maximum absolute atomic E-state index is 13.0. The number of aliphatic hydroxyl groups excluding tert-OH is 6. The van der Waals surface area contributed by atoms with Crippen molar-refractivity contribution in [3.05, 3.63) is 36.5 Å². The molecule has 8 unspecified atom stereocenters. The van der Waals surface area contributed by atoms with Crippen LogP contribution in [0.3, 0.4) is 0 Å². The molecular formula is C43H79NO9. The number of nitrogens with one attached hydrogen (secondary N) is 1. The molecule has 0 aromatic carbocycles. The van der Waals surface area contributed by atoms with E-state index in [1.807, 2.05) is 6.08 Å². The maximum Gasteiger partial charge on any atom is 0.249 e. The van der Waals surface area contributed by atoms with Gasteiger partial charge in [0.05, 0.1) is 25.4 Å². The van der Waals surface area contributed by atoms with Gasteiger partial charge >= 0.3 is 0 Å². The van der Waals surface area contributed by atoms with Crippen LogP contribution in [0.2, 0.25) is 0 Å². The first kappa shape index (κ1) is 49.4. The molecule has 0 radical (unpaired) electrons. The molecule has 1 fully saturated rings. The summed E-state index contributed by atoms with van der Waals surface area (Å²) >= 11 is 0. The molecule has 1 rings (SSSR count). The molecule has 10 nitrogen and oxygen atoms in total. The van der Waals surface area contributed by atoms with Crippen LogP contribution in [0.4, 0.5) is 0 Å². The second-order valence-electron chi connectivity index (χ2n) is 14.9. The Labute approximate surface area is 322 Å². The lowest BCUT2D eigenvalue weighted by atomic mass is 9.99. The molecule has 0 spiro atoms. The normalized spacial score (nSPS) is 22.6. The van der Waals surface area contributed by atoms with Crippen LogP contribution in [-0.4, -0.2) is 98.7 Å². The molecule has 10 heteroatoms. The van der Waals surface area contributed by atoms with E-state index in [0.29, 0.717) is 19.3 Å². The zero-order valence-corrected chi connectivity index (χ0v) is 33.4. The van der Waals surface area contributed by atoms with E-state index in [9.17, 15) is 35.4 Å². The van der Waals surface area contributed by atoms with Crippen molar-refractivity contribution >= 4 is 5.91 Å². The van der Waals surface area contributed by atoms with Gasteiger partial charge in [0.15, 0.2) is 6.29 Å². The zero-order chi connectivity index (χ0) is 38.9. The standard InChI is InChI=1S/C43H79NO9/c1-3-5-7-9-11-13-15-17-19-21-23-25-27-29-31-36(46)35(34-52-43-41(50)40(49)39(48)38(33-45)53-43)44-42(51)37(47)32-30-28-26-24-22-20-18-16-14-12-10-8-6-4-2/h13,15,21,23,29,31,35-41,43,45-50H,3-12,14,16-20,22,24-28,30,32-34H2,1-2H3,(H,44,51)/b15-13+,23-21+,31-29+. The summed E-state index contributed by atoms with van der Waals surface area (Å²) < 4.78 is 11.1. The Balaban J connectivity index is 2.51. The highest BCUT2D eigenvalue weighted by molar-refractivity contribution is 5.80. The largest absolute Gasteiger partial charge is 0.394 e. The summed E-state index contributed by atoms with van der Waals surface area (Å²) in [5.74, 6) is -0.632. The fourth-order valence-corrected chi connectivity index (χ4v) is 6.49. The molecule has 0 aromatic heterocycles. The summed E-state index contributed by atoms with van der Waals surface area (Å²) in [7, 11) is 0. The van der Waals surface area contributed by atoms with Gasteiger partial charge < -0.3 is 45.4 Å². The number of rotatable bonds is 34. The highest BCUT2D eigenvalue weighted by atomic mass is 16.7. The van der Waals surface area contributed by atoms with E-state index in [-0.39, 0.29) is 6.61 Å². The summed E-state index contributed by atoms with van der Waals surface area (Å²) in [4.78, 5) is 13.0. The number of allylic oxidation sites excluding steroid dienone is 5. The summed E-state index contributed by atoms with van der Waals surface area (Å²) in [6.07, 6.45) is 29.4. The highest BCUT2D eigenvalue weighted by Gasteiger charge is 2.44. The van der Waals surface area contributed by atoms with E-state index in [1.165, 1.54) is 89.9 Å². The van der Waals surface area contributed by atoms with Gasteiger partial charge in [-0.15, -0.1) is 0 Å². The molecule has 0 aromatic rings. The lowest BCUT2D eigenvalue weighted by Gasteiger charge is -2.40. The van der Waals surface area contributed by atoms with E-state index < -0.39 is 61.5 Å². The number of carbonyl (C=O) groups is 1. The van der Waals surface area contributed by atoms with Gasteiger partial charge in [0.25, 0.3) is 0 Å². The van der Waals surface area contributed by atoms with Gasteiger partial charge in [-0.3, -0.25) is 4.79 Å². The fraction of sp³-hybridized carbons (Fsp3) is 0.837. The van der Waals surface area contributed by atoms with E-state index in [4.69, 9.17) is 9.47 Å². The molecule has 1 saturated heterocycles. The van der Waals surface area contributed by atoms with Crippen LogP contribution in [0, 0.1) is 0 Å². The van der Waals surface area contributed by atoms with Gasteiger partial charge in [-0.1, -0.05) is 159 Å². The van der Waals surface area contributed by atoms with Crippen LogP contribution in [0.1, 0.15) is 168 Å². The van der Waals surface area contributed by atoms with Gasteiger partial charge in [-0.2, -0.15) is 0 Å². The van der Waals surface area contributed by atoms with Crippen LogP contribution in [0.25, 0.3) is 0 Å². The number of amides is 1. The van der Waals surface area contributed by atoms with E-state index in [2.05, 4.69) is 43.5 Å². The van der Waals surface area contributed by atoms with Crippen LogP contribution in [0.15, 0.2) is 36.5 Å². The fourth-order valence-electron chi connectivity index (χ4n) is 6.49.